The SMILES string of the molecule is C=N/C(=C\C=C/C)NC(=O)CN1C(=O)C2(CCCCC2)c2nc(Cl)ccc21.Oc1cnc2c(c1)CNN2. The van der Waals surface area contributed by atoms with Gasteiger partial charge in [0.25, 0.3) is 0 Å². The molecular weight excluding hydrogens is 494 g/mol. The molecule has 0 radical (unpaired) electrons. The molecule has 11 heteroatoms. The Kier molecular flexibility index (Phi) is 8.20. The molecule has 1 spiro atoms. The van der Waals surface area contributed by atoms with E-state index >= 15 is 0 Å². The molecule has 0 unspecified atom stereocenters. The van der Waals surface area contributed by atoms with Gasteiger partial charge in [-0.15, -0.1) is 0 Å². The van der Waals surface area contributed by atoms with E-state index in [1.807, 2.05) is 13.0 Å². The van der Waals surface area contributed by atoms with Crippen LogP contribution in [0.2, 0.25) is 5.15 Å². The van der Waals surface area contributed by atoms with Crippen molar-refractivity contribution in [3.63, 3.8) is 0 Å². The lowest BCUT2D eigenvalue weighted by Crippen LogP contribution is -2.45. The molecule has 10 nitrogen and oxygen atoms in total. The number of carbonyl (C=O) groups is 2. The zero-order valence-corrected chi connectivity index (χ0v) is 21.4. The van der Waals surface area contributed by atoms with E-state index in [0.717, 1.165) is 50.0 Å². The van der Waals surface area contributed by atoms with Crippen molar-refractivity contribution >= 4 is 41.6 Å². The maximum atomic E-state index is 13.3. The standard InChI is InChI=1S/C20H23ClN4O2.C6H7N3O/c1-3-4-8-16(22-2)24-17(26)13-25-14-9-10-15(21)23-18(14)20(19(25)27)11-6-5-7-12-20;10-5-1-4-2-8-9-6(4)7-3-5/h3-4,8-10H,2,5-7,11-13H2,1H3,(H,24,26);1,3,8,10H,2H2,(H,7,9)/b4-3-,16-8+;. The molecule has 0 aromatic carbocycles. The number of hydrogen-bond donors (Lipinski definition) is 4. The Morgan fingerprint density at radius 2 is 2.14 bits per heavy atom. The summed E-state index contributed by atoms with van der Waals surface area (Å²) in [5.41, 5.74) is 7.47. The van der Waals surface area contributed by atoms with Gasteiger partial charge in [0.15, 0.2) is 0 Å². The molecule has 2 amide bonds. The van der Waals surface area contributed by atoms with E-state index in [-0.39, 0.29) is 24.1 Å². The van der Waals surface area contributed by atoms with Gasteiger partial charge in [0.05, 0.1) is 23.0 Å². The molecule has 3 aliphatic rings. The average Bonchev–Trinajstić information content (AvgIpc) is 3.44. The Morgan fingerprint density at radius 1 is 1.35 bits per heavy atom. The van der Waals surface area contributed by atoms with Gasteiger partial charge in [-0.05, 0) is 50.8 Å². The Labute approximate surface area is 220 Å². The Hall–Kier alpha value is -3.76. The van der Waals surface area contributed by atoms with Gasteiger partial charge in [-0.2, -0.15) is 0 Å². The van der Waals surface area contributed by atoms with Crippen LogP contribution in [0.3, 0.4) is 0 Å². The van der Waals surface area contributed by atoms with Crippen LogP contribution in [0.1, 0.15) is 50.3 Å². The number of nitrogens with zero attached hydrogens (tertiary/aromatic N) is 4. The lowest BCUT2D eigenvalue weighted by Gasteiger charge is -2.31. The summed E-state index contributed by atoms with van der Waals surface area (Å²) in [6.45, 7) is 5.94. The Bertz CT molecular complexity index is 1250. The van der Waals surface area contributed by atoms with Crippen LogP contribution in [-0.2, 0) is 21.5 Å². The lowest BCUT2D eigenvalue weighted by atomic mass is 9.72. The molecule has 4 heterocycles. The molecular formula is C26H30ClN7O3. The largest absolute Gasteiger partial charge is 0.506 e. The molecule has 0 atom stereocenters. The van der Waals surface area contributed by atoms with E-state index in [9.17, 15) is 9.59 Å². The van der Waals surface area contributed by atoms with Crippen molar-refractivity contribution in [3.05, 3.63) is 64.9 Å². The predicted octanol–water partition coefficient (Wildman–Crippen LogP) is 3.74. The summed E-state index contributed by atoms with van der Waals surface area (Å²) < 4.78 is 0. The molecule has 5 rings (SSSR count). The molecule has 2 aromatic heterocycles. The van der Waals surface area contributed by atoms with Crippen molar-refractivity contribution in [2.45, 2.75) is 51.0 Å². The number of fused-ring (bicyclic) bond motifs is 3. The molecule has 1 fully saturated rings. The number of aromatic nitrogens is 2. The summed E-state index contributed by atoms with van der Waals surface area (Å²) >= 11 is 6.11. The fourth-order valence-corrected chi connectivity index (χ4v) is 4.99. The monoisotopic (exact) mass is 523 g/mol. The van der Waals surface area contributed by atoms with Crippen LogP contribution in [0, 0.1) is 0 Å². The topological polar surface area (TPSA) is 132 Å². The van der Waals surface area contributed by atoms with Gasteiger partial charge in [-0.25, -0.2) is 20.4 Å². The summed E-state index contributed by atoms with van der Waals surface area (Å²) in [5, 5.41) is 12.0. The number of amides is 2. The van der Waals surface area contributed by atoms with Crippen LogP contribution >= 0.6 is 11.6 Å². The number of aromatic hydroxyl groups is 1. The maximum Gasteiger partial charge on any atom is 0.245 e. The number of rotatable bonds is 5. The number of halogens is 1. The molecule has 194 valence electrons. The molecule has 1 aliphatic carbocycles. The third-order valence-corrected chi connectivity index (χ3v) is 6.78. The smallest absolute Gasteiger partial charge is 0.245 e. The minimum absolute atomic E-state index is 0.0623. The van der Waals surface area contributed by atoms with Crippen molar-refractivity contribution in [2.75, 3.05) is 16.9 Å². The summed E-state index contributed by atoms with van der Waals surface area (Å²) in [5.74, 6) is 0.960. The van der Waals surface area contributed by atoms with Crippen molar-refractivity contribution in [2.24, 2.45) is 4.99 Å². The van der Waals surface area contributed by atoms with Gasteiger partial charge in [0.2, 0.25) is 11.8 Å². The highest BCUT2D eigenvalue weighted by molar-refractivity contribution is 6.29. The van der Waals surface area contributed by atoms with E-state index in [1.165, 1.54) is 11.1 Å². The summed E-state index contributed by atoms with van der Waals surface area (Å²) in [6.07, 6.45) is 11.2. The maximum absolute atomic E-state index is 13.3. The number of nitrogens with one attached hydrogen (secondary N) is 3. The molecule has 0 bridgehead atoms. The third-order valence-electron chi connectivity index (χ3n) is 6.57. The third kappa shape index (κ3) is 5.65. The van der Waals surface area contributed by atoms with Crippen molar-refractivity contribution in [1.29, 1.82) is 0 Å². The van der Waals surface area contributed by atoms with Crippen LogP contribution in [0.5, 0.6) is 5.75 Å². The van der Waals surface area contributed by atoms with Crippen molar-refractivity contribution in [1.82, 2.24) is 20.7 Å². The van der Waals surface area contributed by atoms with Gasteiger partial charge in [0, 0.05) is 12.1 Å². The van der Waals surface area contributed by atoms with E-state index < -0.39 is 5.41 Å². The van der Waals surface area contributed by atoms with Gasteiger partial charge < -0.3 is 20.7 Å². The van der Waals surface area contributed by atoms with Gasteiger partial charge in [-0.1, -0.05) is 43.0 Å². The van der Waals surface area contributed by atoms with Crippen molar-refractivity contribution in [3.8, 4) is 5.75 Å². The Balaban J connectivity index is 0.000000265. The average molecular weight is 524 g/mol. The van der Waals surface area contributed by atoms with E-state index in [2.05, 4.69) is 37.8 Å². The fraction of sp³-hybridized carbons (Fsp3) is 0.346. The minimum atomic E-state index is -0.654. The number of allylic oxidation sites excluding steroid dienone is 3. The van der Waals surface area contributed by atoms with Gasteiger partial charge >= 0.3 is 0 Å². The zero-order valence-electron chi connectivity index (χ0n) is 20.6. The summed E-state index contributed by atoms with van der Waals surface area (Å²) in [6, 6.07) is 5.12. The second-order valence-corrected chi connectivity index (χ2v) is 9.39. The molecule has 2 aliphatic heterocycles. The lowest BCUT2D eigenvalue weighted by molar-refractivity contribution is -0.127. The van der Waals surface area contributed by atoms with Gasteiger partial charge in [0.1, 0.15) is 29.1 Å². The number of hydrogen-bond acceptors (Lipinski definition) is 8. The number of carbonyl (C=O) groups excluding carboxylic acids is 2. The van der Waals surface area contributed by atoms with E-state index in [1.54, 1.807) is 30.4 Å². The van der Waals surface area contributed by atoms with Crippen LogP contribution in [0.4, 0.5) is 11.5 Å². The summed E-state index contributed by atoms with van der Waals surface area (Å²) in [4.78, 5) is 39.6. The highest BCUT2D eigenvalue weighted by Crippen LogP contribution is 2.49. The van der Waals surface area contributed by atoms with Gasteiger partial charge in [-0.3, -0.25) is 9.59 Å². The first-order chi connectivity index (χ1) is 17.9. The molecule has 4 N–H and O–H groups in total. The molecule has 0 saturated heterocycles. The Morgan fingerprint density at radius 3 is 2.86 bits per heavy atom. The molecule has 1 saturated carbocycles. The molecule has 2 aromatic rings. The van der Waals surface area contributed by atoms with Crippen LogP contribution in [-0.4, -0.2) is 40.2 Å². The van der Waals surface area contributed by atoms with Crippen LogP contribution in [0.15, 0.2) is 53.4 Å². The normalized spacial score (nSPS) is 17.6. The number of aliphatic imine (C=N–C) groups is 1. The summed E-state index contributed by atoms with van der Waals surface area (Å²) in [7, 11) is 0. The first-order valence-electron chi connectivity index (χ1n) is 12.1. The quantitative estimate of drug-likeness (QED) is 0.266. The number of hydrazine groups is 1. The minimum Gasteiger partial charge on any atom is -0.506 e. The van der Waals surface area contributed by atoms with Crippen molar-refractivity contribution < 1.29 is 14.7 Å². The predicted molar refractivity (Wildman–Crippen MR) is 143 cm³/mol. The van der Waals surface area contributed by atoms with E-state index in [4.69, 9.17) is 16.7 Å². The van der Waals surface area contributed by atoms with Crippen LogP contribution in [0.25, 0.3) is 0 Å². The highest BCUT2D eigenvalue weighted by Gasteiger charge is 2.52. The highest BCUT2D eigenvalue weighted by atomic mass is 35.5. The second kappa shape index (κ2) is 11.5. The fourth-order valence-electron chi connectivity index (χ4n) is 4.85. The zero-order chi connectivity index (χ0) is 26.4. The first-order valence-corrected chi connectivity index (χ1v) is 12.5. The number of anilines is 2. The number of pyridine rings is 2. The van der Waals surface area contributed by atoms with Crippen LogP contribution < -0.4 is 21.1 Å². The van der Waals surface area contributed by atoms with E-state index in [0.29, 0.717) is 22.4 Å². The second-order valence-electron chi connectivity index (χ2n) is 9.00. The molecule has 37 heavy (non-hydrogen) atoms. The first kappa shape index (κ1) is 26.3.